The summed E-state index contributed by atoms with van der Waals surface area (Å²) in [6, 6.07) is 0. The van der Waals surface area contributed by atoms with Crippen LogP contribution >= 0.6 is 0 Å². The van der Waals surface area contributed by atoms with Crippen LogP contribution in [0.3, 0.4) is 0 Å². The average Bonchev–Trinajstić information content (AvgIpc) is 2.51. The molecule has 2 unspecified atom stereocenters. The van der Waals surface area contributed by atoms with E-state index in [1.165, 1.54) is 0 Å². The van der Waals surface area contributed by atoms with Gasteiger partial charge in [0.05, 0.1) is 5.71 Å². The summed E-state index contributed by atoms with van der Waals surface area (Å²) in [5.41, 5.74) is 0.866. The van der Waals surface area contributed by atoms with E-state index in [-0.39, 0.29) is 0 Å². The topological polar surface area (TPSA) is 58.9 Å². The highest BCUT2D eigenvalue weighted by molar-refractivity contribution is 5.91. The van der Waals surface area contributed by atoms with E-state index in [0.29, 0.717) is 12.3 Å². The minimum absolute atomic E-state index is 0.328. The number of carboxylic acids is 1. The van der Waals surface area contributed by atoms with Gasteiger partial charge in [-0.3, -0.25) is 0 Å². The standard InChI is InChI=1S/C8H13NO3/c1-3-5(2)6-4-7(8(10)11)12-9-6/h5,7H,3-4H2,1-2H3,(H,10,11). The maximum absolute atomic E-state index is 10.5. The third-order valence-corrected chi connectivity index (χ3v) is 2.15. The molecule has 0 bridgehead atoms. The van der Waals surface area contributed by atoms with Crippen LogP contribution in [0.5, 0.6) is 0 Å². The van der Waals surface area contributed by atoms with Crippen LogP contribution in [-0.4, -0.2) is 22.9 Å². The third-order valence-electron chi connectivity index (χ3n) is 2.15. The van der Waals surface area contributed by atoms with Gasteiger partial charge in [-0.05, 0) is 12.3 Å². The second-order valence-corrected chi connectivity index (χ2v) is 3.03. The summed E-state index contributed by atoms with van der Waals surface area (Å²) < 4.78 is 0. The Morgan fingerprint density at radius 1 is 1.92 bits per heavy atom. The molecule has 1 aliphatic heterocycles. The fraction of sp³-hybridized carbons (Fsp3) is 0.750. The number of carboxylic acid groups (broad SMARTS) is 1. The van der Waals surface area contributed by atoms with Crippen LogP contribution in [-0.2, 0) is 9.63 Å². The van der Waals surface area contributed by atoms with Crippen LogP contribution in [0.15, 0.2) is 5.16 Å². The largest absolute Gasteiger partial charge is 0.478 e. The summed E-state index contributed by atoms with van der Waals surface area (Å²) in [6.45, 7) is 4.06. The first-order chi connectivity index (χ1) is 5.65. The number of carbonyl (C=O) groups is 1. The fourth-order valence-corrected chi connectivity index (χ4v) is 1.05. The van der Waals surface area contributed by atoms with Gasteiger partial charge in [-0.2, -0.15) is 0 Å². The molecule has 0 aromatic carbocycles. The average molecular weight is 171 g/mol. The van der Waals surface area contributed by atoms with Gasteiger partial charge in [0.2, 0.25) is 6.10 Å². The molecule has 68 valence electrons. The second-order valence-electron chi connectivity index (χ2n) is 3.03. The molecule has 0 aromatic heterocycles. The van der Waals surface area contributed by atoms with Crippen molar-refractivity contribution in [2.45, 2.75) is 32.8 Å². The lowest BCUT2D eigenvalue weighted by molar-refractivity contribution is -0.148. The quantitative estimate of drug-likeness (QED) is 0.695. The van der Waals surface area contributed by atoms with E-state index < -0.39 is 12.1 Å². The molecular formula is C8H13NO3. The lowest BCUT2D eigenvalue weighted by Gasteiger charge is -2.04. The van der Waals surface area contributed by atoms with Gasteiger partial charge in [-0.1, -0.05) is 19.0 Å². The highest BCUT2D eigenvalue weighted by atomic mass is 16.7. The highest BCUT2D eigenvalue weighted by Gasteiger charge is 2.29. The molecule has 0 spiro atoms. The van der Waals surface area contributed by atoms with E-state index in [1.54, 1.807) is 0 Å². The van der Waals surface area contributed by atoms with Gasteiger partial charge in [0.1, 0.15) is 0 Å². The molecule has 0 saturated carbocycles. The number of hydrogen-bond acceptors (Lipinski definition) is 3. The molecule has 0 fully saturated rings. The predicted molar refractivity (Wildman–Crippen MR) is 44.0 cm³/mol. The van der Waals surface area contributed by atoms with E-state index in [4.69, 9.17) is 9.94 Å². The van der Waals surface area contributed by atoms with Gasteiger partial charge in [-0.15, -0.1) is 0 Å². The van der Waals surface area contributed by atoms with Crippen molar-refractivity contribution in [3.8, 4) is 0 Å². The van der Waals surface area contributed by atoms with Crippen molar-refractivity contribution < 1.29 is 14.7 Å². The van der Waals surface area contributed by atoms with E-state index in [2.05, 4.69) is 5.16 Å². The number of rotatable bonds is 3. The van der Waals surface area contributed by atoms with Gasteiger partial charge in [-0.25, -0.2) is 4.79 Å². The zero-order chi connectivity index (χ0) is 9.14. The summed E-state index contributed by atoms with van der Waals surface area (Å²) in [5.74, 6) is -0.605. The molecule has 1 N–H and O–H groups in total. The lowest BCUT2D eigenvalue weighted by atomic mass is 9.99. The number of hydrogen-bond donors (Lipinski definition) is 1. The van der Waals surface area contributed by atoms with Crippen LogP contribution in [0.25, 0.3) is 0 Å². The van der Waals surface area contributed by atoms with Crippen molar-refractivity contribution >= 4 is 11.7 Å². The van der Waals surface area contributed by atoms with Crippen molar-refractivity contribution in [2.24, 2.45) is 11.1 Å². The van der Waals surface area contributed by atoms with Crippen molar-refractivity contribution in [1.29, 1.82) is 0 Å². The molecule has 0 saturated heterocycles. The summed E-state index contributed by atoms with van der Waals surface area (Å²) in [7, 11) is 0. The van der Waals surface area contributed by atoms with Gasteiger partial charge >= 0.3 is 5.97 Å². The Hall–Kier alpha value is -1.06. The summed E-state index contributed by atoms with van der Waals surface area (Å²) in [4.78, 5) is 15.2. The maximum atomic E-state index is 10.5. The van der Waals surface area contributed by atoms with Crippen molar-refractivity contribution in [3.63, 3.8) is 0 Å². The molecule has 2 atom stereocenters. The highest BCUT2D eigenvalue weighted by Crippen LogP contribution is 2.18. The Kier molecular flexibility index (Phi) is 2.68. The fourth-order valence-electron chi connectivity index (χ4n) is 1.05. The minimum Gasteiger partial charge on any atom is -0.478 e. The Labute approximate surface area is 71.2 Å². The summed E-state index contributed by atoms with van der Waals surface area (Å²) >= 11 is 0. The van der Waals surface area contributed by atoms with Crippen molar-refractivity contribution in [3.05, 3.63) is 0 Å². The molecule has 1 heterocycles. The molecular weight excluding hydrogens is 158 g/mol. The Morgan fingerprint density at radius 2 is 2.58 bits per heavy atom. The molecule has 4 nitrogen and oxygen atoms in total. The van der Waals surface area contributed by atoms with Crippen LogP contribution in [0.4, 0.5) is 0 Å². The molecule has 4 heteroatoms. The second kappa shape index (κ2) is 3.56. The van der Waals surface area contributed by atoms with Crippen molar-refractivity contribution in [1.82, 2.24) is 0 Å². The van der Waals surface area contributed by atoms with Crippen LogP contribution < -0.4 is 0 Å². The first-order valence-electron chi connectivity index (χ1n) is 4.10. The molecule has 0 radical (unpaired) electrons. The molecule has 0 aromatic rings. The Bertz CT molecular complexity index is 212. The SMILES string of the molecule is CCC(C)C1=NOC(C(=O)O)C1. The van der Waals surface area contributed by atoms with E-state index >= 15 is 0 Å². The van der Waals surface area contributed by atoms with Crippen LogP contribution in [0.1, 0.15) is 26.7 Å². The Morgan fingerprint density at radius 3 is 3.00 bits per heavy atom. The van der Waals surface area contributed by atoms with Crippen molar-refractivity contribution in [2.75, 3.05) is 0 Å². The monoisotopic (exact) mass is 171 g/mol. The first kappa shape index (κ1) is 9.03. The van der Waals surface area contributed by atoms with Gasteiger partial charge in [0.25, 0.3) is 0 Å². The van der Waals surface area contributed by atoms with Crippen LogP contribution in [0, 0.1) is 5.92 Å². The third kappa shape index (κ3) is 1.75. The van der Waals surface area contributed by atoms with E-state index in [0.717, 1.165) is 12.1 Å². The van der Waals surface area contributed by atoms with E-state index in [1.807, 2.05) is 13.8 Å². The van der Waals surface area contributed by atoms with Gasteiger partial charge in [0.15, 0.2) is 0 Å². The molecule has 1 rings (SSSR count). The molecule has 0 amide bonds. The minimum atomic E-state index is -0.933. The normalized spacial score (nSPS) is 24.5. The summed E-state index contributed by atoms with van der Waals surface area (Å²) in [5, 5.41) is 12.3. The number of aliphatic carboxylic acids is 1. The van der Waals surface area contributed by atoms with Gasteiger partial charge < -0.3 is 9.94 Å². The first-order valence-corrected chi connectivity index (χ1v) is 4.10. The molecule has 0 aliphatic carbocycles. The van der Waals surface area contributed by atoms with Gasteiger partial charge in [0, 0.05) is 6.42 Å². The number of oxime groups is 1. The maximum Gasteiger partial charge on any atom is 0.348 e. The zero-order valence-corrected chi connectivity index (χ0v) is 7.28. The smallest absolute Gasteiger partial charge is 0.348 e. The summed E-state index contributed by atoms with van der Waals surface area (Å²) in [6.07, 6.45) is 0.646. The number of nitrogens with zero attached hydrogens (tertiary/aromatic N) is 1. The zero-order valence-electron chi connectivity index (χ0n) is 7.28. The van der Waals surface area contributed by atoms with Crippen LogP contribution in [0.2, 0.25) is 0 Å². The molecule has 1 aliphatic rings. The predicted octanol–water partition coefficient (Wildman–Crippen LogP) is 1.26. The molecule has 12 heavy (non-hydrogen) atoms. The van der Waals surface area contributed by atoms with E-state index in [9.17, 15) is 4.79 Å². The Balaban J connectivity index is 2.48. The lowest BCUT2D eigenvalue weighted by Crippen LogP contribution is -2.21.